The number of methoxy groups -OCH3 is 1. The Bertz CT molecular complexity index is 1140. The van der Waals surface area contributed by atoms with Crippen LogP contribution in [-0.2, 0) is 20.9 Å². The molecule has 1 aliphatic rings. The molecule has 0 aromatic heterocycles. The fourth-order valence-corrected chi connectivity index (χ4v) is 4.85. The molecule has 1 saturated heterocycles. The highest BCUT2D eigenvalue weighted by Crippen LogP contribution is 2.31. The van der Waals surface area contributed by atoms with Gasteiger partial charge in [0.1, 0.15) is 24.6 Å². The Kier molecular flexibility index (Phi) is 7.50. The highest BCUT2D eigenvalue weighted by molar-refractivity contribution is 14.1. The lowest BCUT2D eigenvalue weighted by molar-refractivity contribution is -0.143. The van der Waals surface area contributed by atoms with E-state index in [-0.39, 0.29) is 12.3 Å². The first kappa shape index (κ1) is 23.0. The molecule has 1 fully saturated rings. The standard InChI is InChI=1S/C21H15I2N3O5/c1-30-18(27)10-26-20(28)17(25-21(26)29)7-14-6-15(22)8-16(23)19(14)31-11-13-5-3-2-4-12(13)9-24/h2-8H,10-11H2,1H3,(H,25,29)/b17-7+. The van der Waals surface area contributed by atoms with Gasteiger partial charge in [-0.3, -0.25) is 9.59 Å². The Hall–Kier alpha value is -2.66. The predicted octanol–water partition coefficient (Wildman–Crippen LogP) is 3.41. The van der Waals surface area contributed by atoms with Crippen molar-refractivity contribution in [2.75, 3.05) is 13.7 Å². The number of rotatable bonds is 6. The van der Waals surface area contributed by atoms with E-state index in [1.54, 1.807) is 12.1 Å². The van der Waals surface area contributed by atoms with Crippen molar-refractivity contribution >= 4 is 69.2 Å². The maximum absolute atomic E-state index is 12.6. The number of urea groups is 1. The van der Waals surface area contributed by atoms with Crippen molar-refractivity contribution in [2.24, 2.45) is 0 Å². The highest BCUT2D eigenvalue weighted by Gasteiger charge is 2.35. The Morgan fingerprint density at radius 2 is 2.00 bits per heavy atom. The summed E-state index contributed by atoms with van der Waals surface area (Å²) in [4.78, 5) is 37.0. The lowest BCUT2D eigenvalue weighted by atomic mass is 10.1. The van der Waals surface area contributed by atoms with E-state index >= 15 is 0 Å². The summed E-state index contributed by atoms with van der Waals surface area (Å²) in [7, 11) is 1.18. The van der Waals surface area contributed by atoms with Crippen LogP contribution in [0.4, 0.5) is 4.79 Å². The van der Waals surface area contributed by atoms with Crippen LogP contribution in [0.3, 0.4) is 0 Å². The van der Waals surface area contributed by atoms with Crippen LogP contribution in [0, 0.1) is 18.5 Å². The molecule has 0 spiro atoms. The molecule has 0 aliphatic carbocycles. The van der Waals surface area contributed by atoms with Crippen molar-refractivity contribution in [2.45, 2.75) is 6.61 Å². The number of imide groups is 1. The summed E-state index contributed by atoms with van der Waals surface area (Å²) in [5.41, 5.74) is 1.84. The largest absolute Gasteiger partial charge is 0.487 e. The van der Waals surface area contributed by atoms with Gasteiger partial charge < -0.3 is 14.8 Å². The van der Waals surface area contributed by atoms with E-state index in [1.807, 2.05) is 24.3 Å². The van der Waals surface area contributed by atoms with E-state index in [4.69, 9.17) is 4.74 Å². The second-order valence-electron chi connectivity index (χ2n) is 6.32. The average molecular weight is 643 g/mol. The zero-order chi connectivity index (χ0) is 22.5. The van der Waals surface area contributed by atoms with Gasteiger partial charge in [0.2, 0.25) is 0 Å². The summed E-state index contributed by atoms with van der Waals surface area (Å²) in [6.07, 6.45) is 1.51. The smallest absolute Gasteiger partial charge is 0.329 e. The summed E-state index contributed by atoms with van der Waals surface area (Å²) < 4.78 is 12.2. The zero-order valence-corrected chi connectivity index (χ0v) is 20.5. The lowest BCUT2D eigenvalue weighted by Crippen LogP contribution is -2.36. The fraction of sp³-hybridized carbons (Fsp3) is 0.143. The van der Waals surface area contributed by atoms with E-state index in [2.05, 4.69) is 61.3 Å². The lowest BCUT2D eigenvalue weighted by Gasteiger charge is -2.13. The normalized spacial score (nSPS) is 14.4. The van der Waals surface area contributed by atoms with Gasteiger partial charge in [-0.05, 0) is 69.5 Å². The number of hydrogen-bond donors (Lipinski definition) is 1. The number of nitrogens with one attached hydrogen (secondary N) is 1. The highest BCUT2D eigenvalue weighted by atomic mass is 127. The molecule has 1 aliphatic heterocycles. The molecule has 0 atom stereocenters. The van der Waals surface area contributed by atoms with E-state index in [0.29, 0.717) is 16.9 Å². The fourth-order valence-electron chi connectivity index (χ4n) is 2.81. The number of amides is 3. The van der Waals surface area contributed by atoms with E-state index < -0.39 is 24.5 Å². The van der Waals surface area contributed by atoms with Gasteiger partial charge in [0, 0.05) is 14.7 Å². The Morgan fingerprint density at radius 3 is 2.71 bits per heavy atom. The first-order chi connectivity index (χ1) is 14.8. The molecular weight excluding hydrogens is 628 g/mol. The van der Waals surface area contributed by atoms with Gasteiger partial charge in [0.05, 0.1) is 22.3 Å². The summed E-state index contributed by atoms with van der Waals surface area (Å²) in [5, 5.41) is 11.8. The van der Waals surface area contributed by atoms with Crippen molar-refractivity contribution in [1.82, 2.24) is 10.2 Å². The topological polar surface area (TPSA) is 109 Å². The predicted molar refractivity (Wildman–Crippen MR) is 128 cm³/mol. The molecule has 3 amide bonds. The SMILES string of the molecule is COC(=O)CN1C(=O)N/C(=C/c2cc(I)cc(I)c2OCc2ccccc2C#N)C1=O. The van der Waals surface area contributed by atoms with Crippen molar-refractivity contribution in [3.8, 4) is 11.8 Å². The third-order valence-electron chi connectivity index (χ3n) is 4.32. The summed E-state index contributed by atoms with van der Waals surface area (Å²) in [6, 6.07) is 12.3. The van der Waals surface area contributed by atoms with Crippen LogP contribution in [0.5, 0.6) is 5.75 Å². The molecule has 1 heterocycles. The minimum Gasteiger partial charge on any atom is -0.487 e. The summed E-state index contributed by atoms with van der Waals surface area (Å²) in [5.74, 6) is -0.825. The molecule has 158 valence electrons. The maximum atomic E-state index is 12.6. The van der Waals surface area contributed by atoms with Gasteiger partial charge in [-0.1, -0.05) is 18.2 Å². The molecule has 0 radical (unpaired) electrons. The third kappa shape index (κ3) is 5.34. The molecule has 2 aromatic carbocycles. The Labute approximate surface area is 205 Å². The molecule has 0 saturated carbocycles. The third-order valence-corrected chi connectivity index (χ3v) is 5.75. The van der Waals surface area contributed by atoms with E-state index in [9.17, 15) is 19.6 Å². The van der Waals surface area contributed by atoms with Gasteiger partial charge in [-0.15, -0.1) is 0 Å². The Balaban J connectivity index is 1.91. The minimum atomic E-state index is -0.701. The molecule has 3 rings (SSSR count). The second kappa shape index (κ2) is 10.1. The number of nitriles is 1. The van der Waals surface area contributed by atoms with Crippen LogP contribution < -0.4 is 10.1 Å². The molecule has 10 heteroatoms. The van der Waals surface area contributed by atoms with Crippen molar-refractivity contribution < 1.29 is 23.9 Å². The van der Waals surface area contributed by atoms with Gasteiger partial charge >= 0.3 is 12.0 Å². The number of carbonyl (C=O) groups is 3. The first-order valence-corrected chi connectivity index (χ1v) is 11.0. The molecule has 0 unspecified atom stereocenters. The number of ether oxygens (including phenoxy) is 2. The van der Waals surface area contributed by atoms with Crippen LogP contribution in [0.1, 0.15) is 16.7 Å². The summed E-state index contributed by atoms with van der Waals surface area (Å²) >= 11 is 4.27. The zero-order valence-electron chi connectivity index (χ0n) is 16.1. The van der Waals surface area contributed by atoms with Crippen LogP contribution in [0.25, 0.3) is 6.08 Å². The molecule has 1 N–H and O–H groups in total. The number of carbonyl (C=O) groups excluding carboxylic acids is 3. The molecule has 0 bridgehead atoms. The van der Waals surface area contributed by atoms with Crippen molar-refractivity contribution in [3.05, 3.63) is 65.9 Å². The average Bonchev–Trinajstić information content (AvgIpc) is 3.00. The number of benzene rings is 2. The minimum absolute atomic E-state index is 0.0222. The van der Waals surface area contributed by atoms with E-state index in [1.165, 1.54) is 13.2 Å². The Morgan fingerprint density at radius 1 is 1.26 bits per heavy atom. The number of halogens is 2. The van der Waals surface area contributed by atoms with Gasteiger partial charge in [-0.25, -0.2) is 9.69 Å². The van der Waals surface area contributed by atoms with Crippen molar-refractivity contribution in [3.63, 3.8) is 0 Å². The number of nitrogens with zero attached hydrogens (tertiary/aromatic N) is 2. The van der Waals surface area contributed by atoms with Gasteiger partial charge in [0.15, 0.2) is 0 Å². The first-order valence-electron chi connectivity index (χ1n) is 8.85. The molecular formula is C21H15I2N3O5. The van der Waals surface area contributed by atoms with Crippen LogP contribution in [-0.4, -0.2) is 36.5 Å². The van der Waals surface area contributed by atoms with E-state index in [0.717, 1.165) is 17.6 Å². The second-order valence-corrected chi connectivity index (χ2v) is 8.73. The van der Waals surface area contributed by atoms with Crippen LogP contribution in [0.15, 0.2) is 42.1 Å². The summed E-state index contributed by atoms with van der Waals surface area (Å²) in [6.45, 7) is -0.318. The van der Waals surface area contributed by atoms with Crippen molar-refractivity contribution in [1.29, 1.82) is 5.26 Å². The maximum Gasteiger partial charge on any atom is 0.329 e. The quantitative estimate of drug-likeness (QED) is 0.224. The van der Waals surface area contributed by atoms with Crippen LogP contribution in [0.2, 0.25) is 0 Å². The van der Waals surface area contributed by atoms with Gasteiger partial charge in [0.25, 0.3) is 5.91 Å². The number of hydrogen-bond acceptors (Lipinski definition) is 6. The molecule has 8 nitrogen and oxygen atoms in total. The van der Waals surface area contributed by atoms with Crippen LogP contribution >= 0.6 is 45.2 Å². The molecule has 31 heavy (non-hydrogen) atoms. The molecule has 2 aromatic rings. The monoisotopic (exact) mass is 643 g/mol. The van der Waals surface area contributed by atoms with Gasteiger partial charge in [-0.2, -0.15) is 5.26 Å². The number of esters is 1.